The van der Waals surface area contributed by atoms with Crippen molar-refractivity contribution >= 4 is 27.3 Å². The number of rotatable bonds is 7. The van der Waals surface area contributed by atoms with Crippen molar-refractivity contribution in [1.29, 1.82) is 0 Å². The molecule has 1 aromatic heterocycles. The Bertz CT molecular complexity index is 1060. The summed E-state index contributed by atoms with van der Waals surface area (Å²) >= 11 is 0. The quantitative estimate of drug-likeness (QED) is 0.625. The molecular formula is C20H21N3O4S. The molecule has 3 aromatic rings. The van der Waals surface area contributed by atoms with E-state index < -0.39 is 10.0 Å². The minimum atomic E-state index is -3.68. The van der Waals surface area contributed by atoms with Crippen LogP contribution in [0.4, 0.5) is 11.4 Å². The van der Waals surface area contributed by atoms with Gasteiger partial charge in [0.05, 0.1) is 11.1 Å². The number of amides is 1. The molecule has 146 valence electrons. The molecule has 8 heteroatoms. The lowest BCUT2D eigenvalue weighted by atomic mass is 10.1. The number of sulfonamides is 1. The number of anilines is 2. The molecule has 1 amide bonds. The predicted molar refractivity (Wildman–Crippen MR) is 107 cm³/mol. The van der Waals surface area contributed by atoms with E-state index >= 15 is 0 Å². The van der Waals surface area contributed by atoms with Crippen LogP contribution in [0.25, 0.3) is 0 Å². The summed E-state index contributed by atoms with van der Waals surface area (Å²) in [5.74, 6) is 0.0751. The van der Waals surface area contributed by atoms with E-state index in [1.54, 1.807) is 43.3 Å². The molecule has 0 radical (unpaired) electrons. The van der Waals surface area contributed by atoms with E-state index in [1.165, 1.54) is 6.20 Å². The summed E-state index contributed by atoms with van der Waals surface area (Å²) < 4.78 is 32.5. The number of hydrogen-bond acceptors (Lipinski definition) is 5. The van der Waals surface area contributed by atoms with Gasteiger partial charge in [-0.15, -0.1) is 0 Å². The van der Waals surface area contributed by atoms with Crippen LogP contribution in [0.15, 0.2) is 64.1 Å². The van der Waals surface area contributed by atoms with Gasteiger partial charge >= 0.3 is 0 Å². The van der Waals surface area contributed by atoms with Crippen molar-refractivity contribution in [2.24, 2.45) is 0 Å². The molecule has 2 aromatic carbocycles. The minimum absolute atomic E-state index is 0.202. The van der Waals surface area contributed by atoms with Crippen LogP contribution in [0.3, 0.4) is 0 Å². The van der Waals surface area contributed by atoms with Crippen LogP contribution in [0, 0.1) is 6.92 Å². The fraction of sp³-hybridized carbons (Fsp3) is 0.200. The number of hydrogen-bond donors (Lipinski definition) is 2. The zero-order valence-corrected chi connectivity index (χ0v) is 16.4. The van der Waals surface area contributed by atoms with Crippen molar-refractivity contribution in [3.05, 3.63) is 71.6 Å². The van der Waals surface area contributed by atoms with E-state index in [0.717, 1.165) is 18.4 Å². The molecule has 2 N–H and O–H groups in total. The second kappa shape index (κ2) is 8.26. The molecule has 0 aliphatic rings. The average Bonchev–Trinajstić information content (AvgIpc) is 3.10. The van der Waals surface area contributed by atoms with Crippen molar-refractivity contribution in [3.63, 3.8) is 0 Å². The molecule has 28 heavy (non-hydrogen) atoms. The van der Waals surface area contributed by atoms with Crippen molar-refractivity contribution in [2.45, 2.75) is 31.6 Å². The molecule has 1 heterocycles. The summed E-state index contributed by atoms with van der Waals surface area (Å²) in [4.78, 5) is 12.3. The molecule has 0 fully saturated rings. The first-order valence-corrected chi connectivity index (χ1v) is 10.3. The Morgan fingerprint density at radius 1 is 1.04 bits per heavy atom. The fourth-order valence-corrected chi connectivity index (χ4v) is 3.73. The van der Waals surface area contributed by atoms with E-state index in [2.05, 4.69) is 22.1 Å². The van der Waals surface area contributed by atoms with Gasteiger partial charge in [0.25, 0.3) is 15.9 Å². The molecule has 7 nitrogen and oxygen atoms in total. The summed E-state index contributed by atoms with van der Waals surface area (Å²) in [7, 11) is -3.68. The highest BCUT2D eigenvalue weighted by molar-refractivity contribution is 7.92. The van der Waals surface area contributed by atoms with Crippen LogP contribution in [0.2, 0.25) is 0 Å². The standard InChI is InChI=1S/C20H21N3O4S/c1-3-4-15-5-11-18(12-6-15)28(25,26)23-17-9-7-16(8-10-17)22-20(24)19-13-21-27-14(19)2/h5-13,23H,3-4H2,1-2H3,(H,22,24). The Morgan fingerprint density at radius 3 is 2.25 bits per heavy atom. The van der Waals surface area contributed by atoms with Crippen LogP contribution in [-0.4, -0.2) is 19.5 Å². The maximum atomic E-state index is 12.5. The molecular weight excluding hydrogens is 378 g/mol. The lowest BCUT2D eigenvalue weighted by molar-refractivity contribution is 0.102. The first kappa shape index (κ1) is 19.6. The highest BCUT2D eigenvalue weighted by atomic mass is 32.2. The zero-order chi connectivity index (χ0) is 20.1. The van der Waals surface area contributed by atoms with Gasteiger partial charge in [0, 0.05) is 11.4 Å². The number of nitrogens with one attached hydrogen (secondary N) is 2. The number of benzene rings is 2. The molecule has 0 saturated carbocycles. The molecule has 0 spiro atoms. The van der Waals surface area contributed by atoms with Crippen molar-refractivity contribution in [1.82, 2.24) is 5.16 Å². The molecule has 0 aliphatic heterocycles. The van der Waals surface area contributed by atoms with Gasteiger partial charge in [0.2, 0.25) is 0 Å². The van der Waals surface area contributed by atoms with Gasteiger partial charge in [-0.05, 0) is 55.3 Å². The van der Waals surface area contributed by atoms with E-state index in [1.807, 2.05) is 12.1 Å². The monoisotopic (exact) mass is 399 g/mol. The highest BCUT2D eigenvalue weighted by Crippen LogP contribution is 2.20. The van der Waals surface area contributed by atoms with E-state index in [9.17, 15) is 13.2 Å². The Labute approximate surface area is 163 Å². The third kappa shape index (κ3) is 4.58. The van der Waals surface area contributed by atoms with Gasteiger partial charge in [-0.3, -0.25) is 9.52 Å². The molecule has 0 bridgehead atoms. The number of nitrogens with zero attached hydrogens (tertiary/aromatic N) is 1. The van der Waals surface area contributed by atoms with E-state index in [4.69, 9.17) is 4.52 Å². The summed E-state index contributed by atoms with van der Waals surface area (Å²) in [5.41, 5.74) is 2.37. The Hall–Kier alpha value is -3.13. The van der Waals surface area contributed by atoms with Gasteiger partial charge < -0.3 is 9.84 Å². The smallest absolute Gasteiger partial charge is 0.261 e. The Kier molecular flexibility index (Phi) is 5.79. The van der Waals surface area contributed by atoms with Gasteiger partial charge in [0.15, 0.2) is 0 Å². The van der Waals surface area contributed by atoms with Gasteiger partial charge in [-0.2, -0.15) is 0 Å². The fourth-order valence-electron chi connectivity index (χ4n) is 2.67. The third-order valence-electron chi connectivity index (χ3n) is 4.16. The molecule has 0 unspecified atom stereocenters. The number of carbonyl (C=O) groups excluding carboxylic acids is 1. The Balaban J connectivity index is 1.67. The second-order valence-corrected chi connectivity index (χ2v) is 8.01. The third-order valence-corrected chi connectivity index (χ3v) is 5.56. The maximum Gasteiger partial charge on any atom is 0.261 e. The van der Waals surface area contributed by atoms with Crippen molar-refractivity contribution in [3.8, 4) is 0 Å². The average molecular weight is 399 g/mol. The Morgan fingerprint density at radius 2 is 1.68 bits per heavy atom. The van der Waals surface area contributed by atoms with Crippen LogP contribution in [0.5, 0.6) is 0 Å². The van der Waals surface area contributed by atoms with Crippen LogP contribution >= 0.6 is 0 Å². The summed E-state index contributed by atoms with van der Waals surface area (Å²) in [6, 6.07) is 13.2. The zero-order valence-electron chi connectivity index (χ0n) is 15.6. The number of aryl methyl sites for hydroxylation is 2. The van der Waals surface area contributed by atoms with Crippen molar-refractivity contribution < 1.29 is 17.7 Å². The summed E-state index contributed by atoms with van der Waals surface area (Å²) in [6.07, 6.45) is 3.26. The van der Waals surface area contributed by atoms with Gasteiger partial charge in [0.1, 0.15) is 11.3 Å². The number of carbonyl (C=O) groups is 1. The van der Waals surface area contributed by atoms with Gasteiger partial charge in [-0.25, -0.2) is 8.42 Å². The van der Waals surface area contributed by atoms with E-state index in [0.29, 0.717) is 22.7 Å². The predicted octanol–water partition coefficient (Wildman–Crippen LogP) is 3.99. The second-order valence-electron chi connectivity index (χ2n) is 6.33. The van der Waals surface area contributed by atoms with Crippen molar-refractivity contribution in [2.75, 3.05) is 10.0 Å². The van der Waals surface area contributed by atoms with Crippen LogP contribution in [0.1, 0.15) is 35.0 Å². The lowest BCUT2D eigenvalue weighted by Crippen LogP contribution is -2.14. The first-order chi connectivity index (χ1) is 13.4. The highest BCUT2D eigenvalue weighted by Gasteiger charge is 2.15. The molecule has 0 atom stereocenters. The molecule has 0 saturated heterocycles. The maximum absolute atomic E-state index is 12.5. The SMILES string of the molecule is CCCc1ccc(S(=O)(=O)Nc2ccc(NC(=O)c3cnoc3C)cc2)cc1. The molecule has 0 aliphatic carbocycles. The molecule has 3 rings (SSSR count). The summed E-state index contributed by atoms with van der Waals surface area (Å²) in [6.45, 7) is 3.72. The van der Waals surface area contributed by atoms with Gasteiger partial charge in [-0.1, -0.05) is 30.6 Å². The minimum Gasteiger partial charge on any atom is -0.361 e. The topological polar surface area (TPSA) is 101 Å². The van der Waals surface area contributed by atoms with Crippen LogP contribution in [-0.2, 0) is 16.4 Å². The normalized spacial score (nSPS) is 11.2. The van der Waals surface area contributed by atoms with E-state index in [-0.39, 0.29) is 10.8 Å². The lowest BCUT2D eigenvalue weighted by Gasteiger charge is -2.10. The van der Waals surface area contributed by atoms with Crippen LogP contribution < -0.4 is 10.0 Å². The first-order valence-electron chi connectivity index (χ1n) is 8.83. The largest absolute Gasteiger partial charge is 0.361 e. The summed E-state index contributed by atoms with van der Waals surface area (Å²) in [5, 5.41) is 6.28. The number of aromatic nitrogens is 1.